The molecule has 1 aliphatic heterocycles. The lowest BCUT2D eigenvalue weighted by atomic mass is 9.92. The van der Waals surface area contributed by atoms with Crippen molar-refractivity contribution in [1.29, 1.82) is 0 Å². The first-order valence-electron chi connectivity index (χ1n) is 10.5. The number of nitrogens with one attached hydrogen (secondary N) is 2. The lowest BCUT2D eigenvalue weighted by Gasteiger charge is -2.23. The van der Waals surface area contributed by atoms with Gasteiger partial charge >= 0.3 is 12.4 Å². The molecule has 0 spiro atoms. The molecule has 0 radical (unpaired) electrons. The summed E-state index contributed by atoms with van der Waals surface area (Å²) < 4.78 is 54.2. The third-order valence-electron chi connectivity index (χ3n) is 5.40. The van der Waals surface area contributed by atoms with Crippen LogP contribution in [0.4, 0.5) is 33.7 Å². The van der Waals surface area contributed by atoms with Gasteiger partial charge in [0, 0.05) is 18.2 Å². The summed E-state index contributed by atoms with van der Waals surface area (Å²) >= 11 is 0. The number of hydrogen-bond donors (Lipinski definition) is 2. The van der Waals surface area contributed by atoms with E-state index in [-0.39, 0.29) is 23.4 Å². The molecule has 186 valence electrons. The number of halogens is 4. The molecule has 1 fully saturated rings. The Kier molecular flexibility index (Phi) is 6.35. The van der Waals surface area contributed by atoms with Crippen LogP contribution >= 0.6 is 0 Å². The molecule has 1 aromatic heterocycles. The van der Waals surface area contributed by atoms with Gasteiger partial charge < -0.3 is 15.4 Å². The molecule has 0 bridgehead atoms. The van der Waals surface area contributed by atoms with Crippen LogP contribution in [-0.2, 0) is 11.2 Å². The quantitative estimate of drug-likeness (QED) is 0.384. The van der Waals surface area contributed by atoms with E-state index in [9.17, 15) is 31.9 Å². The van der Waals surface area contributed by atoms with Crippen molar-refractivity contribution < 1.29 is 36.7 Å². The number of imide groups is 1. The third-order valence-corrected chi connectivity index (χ3v) is 5.40. The van der Waals surface area contributed by atoms with Crippen LogP contribution in [-0.4, -0.2) is 34.7 Å². The van der Waals surface area contributed by atoms with Crippen molar-refractivity contribution in [2.75, 3.05) is 10.2 Å². The van der Waals surface area contributed by atoms with Gasteiger partial charge in [-0.15, -0.1) is 13.2 Å². The van der Waals surface area contributed by atoms with Crippen LogP contribution in [0.25, 0.3) is 0 Å². The minimum absolute atomic E-state index is 0.0368. The van der Waals surface area contributed by atoms with Gasteiger partial charge in [0.1, 0.15) is 17.1 Å². The summed E-state index contributed by atoms with van der Waals surface area (Å²) in [5.74, 6) is -2.17. The van der Waals surface area contributed by atoms with E-state index in [1.165, 1.54) is 31.5 Å². The minimum atomic E-state index is -4.88. The molecule has 2 aromatic carbocycles. The summed E-state index contributed by atoms with van der Waals surface area (Å²) in [5.41, 5.74) is -0.425. The Morgan fingerprint density at radius 2 is 1.75 bits per heavy atom. The van der Waals surface area contributed by atoms with Crippen LogP contribution in [0.1, 0.15) is 22.8 Å². The Morgan fingerprint density at radius 1 is 1.08 bits per heavy atom. The zero-order chi connectivity index (χ0) is 26.1. The highest BCUT2D eigenvalue weighted by Crippen LogP contribution is 2.31. The molecule has 0 aliphatic carbocycles. The normalized spacial score (nSPS) is 17.6. The summed E-state index contributed by atoms with van der Waals surface area (Å²) in [6.45, 7) is 1.49. The van der Waals surface area contributed by atoms with E-state index in [0.29, 0.717) is 5.56 Å². The number of aromatic nitrogens is 1. The number of carbonyl (C=O) groups is 3. The van der Waals surface area contributed by atoms with E-state index in [4.69, 9.17) is 0 Å². The monoisotopic (exact) mass is 502 g/mol. The second-order valence-corrected chi connectivity index (χ2v) is 8.12. The van der Waals surface area contributed by atoms with E-state index in [0.717, 1.165) is 41.3 Å². The highest BCUT2D eigenvalue weighted by molar-refractivity contribution is 6.23. The van der Waals surface area contributed by atoms with Gasteiger partial charge in [0.2, 0.25) is 0 Å². The Hall–Kier alpha value is -4.48. The first kappa shape index (κ1) is 24.6. The van der Waals surface area contributed by atoms with Crippen molar-refractivity contribution in [3.8, 4) is 5.75 Å². The van der Waals surface area contributed by atoms with E-state index in [2.05, 4.69) is 20.4 Å². The molecule has 2 N–H and O–H groups in total. The molecule has 1 unspecified atom stereocenters. The van der Waals surface area contributed by atoms with Gasteiger partial charge in [0.15, 0.2) is 0 Å². The number of nitrogens with zero attached hydrogens (tertiary/aromatic N) is 2. The number of amides is 4. The smallest absolute Gasteiger partial charge is 0.406 e. The average molecular weight is 502 g/mol. The van der Waals surface area contributed by atoms with Crippen molar-refractivity contribution in [1.82, 2.24) is 10.3 Å². The van der Waals surface area contributed by atoms with Gasteiger partial charge in [0.25, 0.3) is 11.8 Å². The Balaban J connectivity index is 1.53. The van der Waals surface area contributed by atoms with Crippen molar-refractivity contribution in [2.24, 2.45) is 0 Å². The maximum atomic E-state index is 13.2. The highest BCUT2D eigenvalue weighted by atomic mass is 19.4. The summed E-state index contributed by atoms with van der Waals surface area (Å²) in [6.07, 6.45) is -2.09. The number of urea groups is 1. The fraction of sp³-hybridized carbons (Fsp3) is 0.167. The molecule has 36 heavy (non-hydrogen) atoms. The zero-order valence-corrected chi connectivity index (χ0v) is 18.6. The molecule has 8 nitrogen and oxygen atoms in total. The van der Waals surface area contributed by atoms with Crippen molar-refractivity contribution >= 4 is 29.2 Å². The first-order chi connectivity index (χ1) is 16.9. The lowest BCUT2D eigenvalue weighted by Crippen LogP contribution is -2.46. The summed E-state index contributed by atoms with van der Waals surface area (Å²) in [7, 11) is 0. The van der Waals surface area contributed by atoms with Crippen molar-refractivity contribution in [3.63, 3.8) is 0 Å². The van der Waals surface area contributed by atoms with Crippen LogP contribution in [0.3, 0.4) is 0 Å². The Bertz CT molecular complexity index is 1310. The number of ether oxygens (including phenoxy) is 1. The fourth-order valence-corrected chi connectivity index (χ4v) is 3.70. The van der Waals surface area contributed by atoms with E-state index in [1.54, 1.807) is 6.07 Å². The average Bonchev–Trinajstić information content (AvgIpc) is 3.03. The number of carbonyl (C=O) groups excluding carboxylic acids is 3. The van der Waals surface area contributed by atoms with Gasteiger partial charge in [-0.25, -0.2) is 14.1 Å². The van der Waals surface area contributed by atoms with Gasteiger partial charge in [-0.3, -0.25) is 14.6 Å². The van der Waals surface area contributed by atoms with Crippen LogP contribution < -0.4 is 20.3 Å². The number of benzene rings is 2. The van der Waals surface area contributed by atoms with Crippen LogP contribution in [0.2, 0.25) is 0 Å². The summed E-state index contributed by atoms with van der Waals surface area (Å²) in [6, 6.07) is 10.0. The van der Waals surface area contributed by atoms with Crippen LogP contribution in [0, 0.1) is 5.82 Å². The summed E-state index contributed by atoms with van der Waals surface area (Å²) in [4.78, 5) is 43.3. The molecule has 0 saturated carbocycles. The molecule has 3 aromatic rings. The molecule has 4 amide bonds. The fourth-order valence-electron chi connectivity index (χ4n) is 3.70. The molecule has 2 heterocycles. The van der Waals surface area contributed by atoms with Crippen LogP contribution in [0.15, 0.2) is 67.0 Å². The third kappa shape index (κ3) is 5.27. The minimum Gasteiger partial charge on any atom is -0.406 e. The van der Waals surface area contributed by atoms with E-state index in [1.807, 2.05) is 0 Å². The molecule has 12 heteroatoms. The molecular weight excluding hydrogens is 484 g/mol. The van der Waals surface area contributed by atoms with Gasteiger partial charge in [-0.1, -0.05) is 0 Å². The lowest BCUT2D eigenvalue weighted by molar-refractivity contribution is -0.274. The maximum Gasteiger partial charge on any atom is 0.573 e. The zero-order valence-electron chi connectivity index (χ0n) is 18.6. The highest BCUT2D eigenvalue weighted by Gasteiger charge is 2.48. The maximum absolute atomic E-state index is 13.2. The number of rotatable bonds is 6. The second kappa shape index (κ2) is 9.29. The largest absolute Gasteiger partial charge is 0.573 e. The standard InChI is InChI=1S/C24H18F4N4O4/c1-23(12-15-10-11-29-13-19(15)30-20(33)14-2-4-16(25)5-3-14)21(34)32(22(35)31-23)17-6-8-18(9-7-17)36-24(26,27)28/h2-11,13H,12H2,1H3,(H,30,33)(H,31,35). The van der Waals surface area contributed by atoms with Gasteiger partial charge in [-0.05, 0) is 67.1 Å². The van der Waals surface area contributed by atoms with E-state index >= 15 is 0 Å². The number of hydrogen-bond acceptors (Lipinski definition) is 5. The topological polar surface area (TPSA) is 101 Å². The summed E-state index contributed by atoms with van der Waals surface area (Å²) in [5, 5.41) is 5.26. The van der Waals surface area contributed by atoms with Gasteiger partial charge in [-0.2, -0.15) is 0 Å². The second-order valence-electron chi connectivity index (χ2n) is 8.12. The number of pyridine rings is 1. The Morgan fingerprint density at radius 3 is 2.39 bits per heavy atom. The first-order valence-corrected chi connectivity index (χ1v) is 10.5. The predicted molar refractivity (Wildman–Crippen MR) is 120 cm³/mol. The molecular formula is C24H18F4N4O4. The van der Waals surface area contributed by atoms with Crippen LogP contribution in [0.5, 0.6) is 5.75 Å². The van der Waals surface area contributed by atoms with Crippen molar-refractivity contribution in [2.45, 2.75) is 25.2 Å². The molecule has 4 rings (SSSR count). The molecule has 1 atom stereocenters. The SMILES string of the molecule is CC1(Cc2ccncc2NC(=O)c2ccc(F)cc2)NC(=O)N(c2ccc(OC(F)(F)F)cc2)C1=O. The predicted octanol–water partition coefficient (Wildman–Crippen LogP) is 4.43. The number of alkyl halides is 3. The molecule has 1 aliphatic rings. The van der Waals surface area contributed by atoms with E-state index < -0.39 is 41.3 Å². The Labute approximate surface area is 201 Å². The van der Waals surface area contributed by atoms with Crippen molar-refractivity contribution in [3.05, 3.63) is 83.9 Å². The number of anilines is 2. The molecule has 1 saturated heterocycles. The van der Waals surface area contributed by atoms with Gasteiger partial charge in [0.05, 0.1) is 17.6 Å².